The third-order valence-corrected chi connectivity index (χ3v) is 3.61. The Labute approximate surface area is 119 Å². The molecular formula is C16H19NO3. The Balaban J connectivity index is 1.84. The van der Waals surface area contributed by atoms with Crippen LogP contribution < -0.4 is 4.74 Å². The van der Waals surface area contributed by atoms with Gasteiger partial charge in [-0.1, -0.05) is 0 Å². The highest BCUT2D eigenvalue weighted by Gasteiger charge is 2.27. The van der Waals surface area contributed by atoms with Gasteiger partial charge in [0.2, 0.25) is 0 Å². The van der Waals surface area contributed by atoms with E-state index in [-0.39, 0.29) is 11.9 Å². The van der Waals surface area contributed by atoms with Gasteiger partial charge in [-0.2, -0.15) is 5.26 Å². The number of rotatable bonds is 4. The first-order valence-corrected chi connectivity index (χ1v) is 7.06. The largest absolute Gasteiger partial charge is 0.426 e. The minimum atomic E-state index is -0.176. The first-order valence-electron chi connectivity index (χ1n) is 7.06. The monoisotopic (exact) mass is 273 g/mol. The van der Waals surface area contributed by atoms with Gasteiger partial charge in [-0.3, -0.25) is 4.79 Å². The van der Waals surface area contributed by atoms with Crippen LogP contribution in [0.2, 0.25) is 0 Å². The topological polar surface area (TPSA) is 59.3 Å². The summed E-state index contributed by atoms with van der Waals surface area (Å²) in [5.41, 5.74) is 0.557. The zero-order chi connectivity index (χ0) is 14.4. The van der Waals surface area contributed by atoms with Crippen molar-refractivity contribution in [2.45, 2.75) is 38.7 Å². The normalized spacial score (nSPS) is 22.0. The van der Waals surface area contributed by atoms with Crippen LogP contribution in [0.3, 0.4) is 0 Å². The molecule has 4 nitrogen and oxygen atoms in total. The maximum absolute atomic E-state index is 12.1. The van der Waals surface area contributed by atoms with E-state index in [1.807, 2.05) is 13.0 Å². The highest BCUT2D eigenvalue weighted by molar-refractivity contribution is 5.75. The summed E-state index contributed by atoms with van der Waals surface area (Å²) in [5.74, 6) is 0.285. The molecule has 1 aliphatic rings. The van der Waals surface area contributed by atoms with Gasteiger partial charge in [0.15, 0.2) is 0 Å². The highest BCUT2D eigenvalue weighted by atomic mass is 16.5. The second-order valence-electron chi connectivity index (χ2n) is 4.99. The van der Waals surface area contributed by atoms with Gasteiger partial charge < -0.3 is 9.47 Å². The molecule has 106 valence electrons. The molecule has 1 aromatic carbocycles. The average molecular weight is 273 g/mol. The molecule has 1 fully saturated rings. The van der Waals surface area contributed by atoms with E-state index in [1.165, 1.54) is 0 Å². The minimum Gasteiger partial charge on any atom is -0.426 e. The van der Waals surface area contributed by atoms with Gasteiger partial charge in [0.1, 0.15) is 5.75 Å². The Morgan fingerprint density at radius 1 is 1.25 bits per heavy atom. The maximum atomic E-state index is 12.1. The molecule has 1 aromatic rings. The summed E-state index contributed by atoms with van der Waals surface area (Å²) in [4.78, 5) is 12.1. The minimum absolute atomic E-state index is 0.0395. The lowest BCUT2D eigenvalue weighted by Gasteiger charge is -2.26. The van der Waals surface area contributed by atoms with E-state index in [0.29, 0.717) is 17.4 Å². The van der Waals surface area contributed by atoms with Crippen molar-refractivity contribution in [1.82, 2.24) is 0 Å². The van der Waals surface area contributed by atoms with Crippen molar-refractivity contribution in [3.63, 3.8) is 0 Å². The lowest BCUT2D eigenvalue weighted by atomic mass is 9.87. The number of nitrogens with zero attached hydrogens (tertiary/aromatic N) is 1. The summed E-state index contributed by atoms with van der Waals surface area (Å²) < 4.78 is 10.9. The molecule has 1 aliphatic carbocycles. The Morgan fingerprint density at radius 3 is 2.45 bits per heavy atom. The standard InChI is InChI=1S/C16H19NO3/c1-2-19-14-9-5-13(6-10-14)16(18)20-15-7-3-12(11-17)4-8-15/h3-4,7-8,13-14H,2,5-6,9-10H2,1H3. The molecule has 4 heteroatoms. The molecule has 1 saturated carbocycles. The fraction of sp³-hybridized carbons (Fsp3) is 0.500. The fourth-order valence-electron chi connectivity index (χ4n) is 2.50. The molecule has 2 rings (SSSR count). The van der Waals surface area contributed by atoms with Gasteiger partial charge in [-0.15, -0.1) is 0 Å². The summed E-state index contributed by atoms with van der Waals surface area (Å²) in [7, 11) is 0. The smallest absolute Gasteiger partial charge is 0.314 e. The number of benzene rings is 1. The van der Waals surface area contributed by atoms with Crippen LogP contribution >= 0.6 is 0 Å². The van der Waals surface area contributed by atoms with Gasteiger partial charge in [0.05, 0.1) is 23.7 Å². The Kier molecular flexibility index (Phi) is 5.14. The Morgan fingerprint density at radius 2 is 1.90 bits per heavy atom. The van der Waals surface area contributed by atoms with E-state index in [4.69, 9.17) is 14.7 Å². The zero-order valence-electron chi connectivity index (χ0n) is 11.7. The molecule has 0 aliphatic heterocycles. The van der Waals surface area contributed by atoms with Crippen molar-refractivity contribution in [1.29, 1.82) is 5.26 Å². The third-order valence-electron chi connectivity index (χ3n) is 3.61. The molecule has 0 atom stereocenters. The molecule has 0 saturated heterocycles. The zero-order valence-corrected chi connectivity index (χ0v) is 11.7. The first kappa shape index (κ1) is 14.5. The van der Waals surface area contributed by atoms with Crippen LogP contribution in [0.4, 0.5) is 0 Å². The van der Waals surface area contributed by atoms with Crippen LogP contribution in [0.25, 0.3) is 0 Å². The first-order chi connectivity index (χ1) is 9.72. The summed E-state index contributed by atoms with van der Waals surface area (Å²) in [6.07, 6.45) is 3.76. The molecule has 0 aromatic heterocycles. The molecule has 0 heterocycles. The molecule has 0 radical (unpaired) electrons. The predicted molar refractivity (Wildman–Crippen MR) is 74.2 cm³/mol. The molecule has 0 N–H and O–H groups in total. The van der Waals surface area contributed by atoms with Crippen LogP contribution in [0.5, 0.6) is 5.75 Å². The Bertz CT molecular complexity index is 481. The van der Waals surface area contributed by atoms with Crippen LogP contribution in [-0.2, 0) is 9.53 Å². The quantitative estimate of drug-likeness (QED) is 0.625. The lowest BCUT2D eigenvalue weighted by Crippen LogP contribution is -2.28. The van der Waals surface area contributed by atoms with Gasteiger partial charge in [0, 0.05) is 6.61 Å². The van der Waals surface area contributed by atoms with Gasteiger partial charge in [0.25, 0.3) is 0 Å². The van der Waals surface area contributed by atoms with Crippen molar-refractivity contribution < 1.29 is 14.3 Å². The van der Waals surface area contributed by atoms with Crippen LogP contribution in [-0.4, -0.2) is 18.7 Å². The number of ether oxygens (including phenoxy) is 2. The van der Waals surface area contributed by atoms with E-state index in [0.717, 1.165) is 32.3 Å². The summed E-state index contributed by atoms with van der Waals surface area (Å²) >= 11 is 0. The van der Waals surface area contributed by atoms with Crippen molar-refractivity contribution in [3.05, 3.63) is 29.8 Å². The van der Waals surface area contributed by atoms with Crippen molar-refractivity contribution >= 4 is 5.97 Å². The van der Waals surface area contributed by atoms with E-state index < -0.39 is 0 Å². The van der Waals surface area contributed by atoms with Crippen molar-refractivity contribution in [3.8, 4) is 11.8 Å². The van der Waals surface area contributed by atoms with Crippen LogP contribution in [0.1, 0.15) is 38.2 Å². The number of esters is 1. The summed E-state index contributed by atoms with van der Waals surface area (Å²) in [5, 5.41) is 8.71. The summed E-state index contributed by atoms with van der Waals surface area (Å²) in [6.45, 7) is 2.72. The number of nitriles is 1. The van der Waals surface area contributed by atoms with E-state index in [2.05, 4.69) is 0 Å². The van der Waals surface area contributed by atoms with Gasteiger partial charge >= 0.3 is 5.97 Å². The van der Waals surface area contributed by atoms with Crippen molar-refractivity contribution in [2.24, 2.45) is 5.92 Å². The number of carbonyl (C=O) groups excluding carboxylic acids is 1. The summed E-state index contributed by atoms with van der Waals surface area (Å²) in [6, 6.07) is 8.64. The van der Waals surface area contributed by atoms with E-state index >= 15 is 0 Å². The fourth-order valence-corrected chi connectivity index (χ4v) is 2.50. The van der Waals surface area contributed by atoms with Crippen LogP contribution in [0, 0.1) is 17.2 Å². The number of hydrogen-bond acceptors (Lipinski definition) is 4. The molecule has 0 bridgehead atoms. The molecule has 0 spiro atoms. The average Bonchev–Trinajstić information content (AvgIpc) is 2.49. The van der Waals surface area contributed by atoms with E-state index in [9.17, 15) is 4.79 Å². The Hall–Kier alpha value is -1.86. The predicted octanol–water partition coefficient (Wildman–Crippen LogP) is 3.06. The molecule has 20 heavy (non-hydrogen) atoms. The van der Waals surface area contributed by atoms with E-state index in [1.54, 1.807) is 24.3 Å². The highest BCUT2D eigenvalue weighted by Crippen LogP contribution is 2.27. The SMILES string of the molecule is CCOC1CCC(C(=O)Oc2ccc(C#N)cc2)CC1. The van der Waals surface area contributed by atoms with Gasteiger partial charge in [-0.25, -0.2) is 0 Å². The van der Waals surface area contributed by atoms with Gasteiger partial charge in [-0.05, 0) is 56.9 Å². The number of carbonyl (C=O) groups is 1. The second-order valence-corrected chi connectivity index (χ2v) is 4.99. The maximum Gasteiger partial charge on any atom is 0.314 e. The molecule has 0 unspecified atom stereocenters. The second kappa shape index (κ2) is 7.06. The third kappa shape index (κ3) is 3.82. The molecule has 0 amide bonds. The number of hydrogen-bond donors (Lipinski definition) is 0. The van der Waals surface area contributed by atoms with Crippen LogP contribution in [0.15, 0.2) is 24.3 Å². The lowest BCUT2D eigenvalue weighted by molar-refractivity contribution is -0.141. The molecular weight excluding hydrogens is 254 g/mol. The van der Waals surface area contributed by atoms with Crippen molar-refractivity contribution in [2.75, 3.05) is 6.61 Å².